The number of hydrogen-bond donors (Lipinski definition) is 3. The summed E-state index contributed by atoms with van der Waals surface area (Å²) in [7, 11) is 0. The van der Waals surface area contributed by atoms with E-state index in [1.54, 1.807) is 25.1 Å². The first kappa shape index (κ1) is 20.5. The first-order valence-corrected chi connectivity index (χ1v) is 9.52. The predicted octanol–water partition coefficient (Wildman–Crippen LogP) is 2.60. The van der Waals surface area contributed by atoms with E-state index in [2.05, 4.69) is 29.8 Å². The summed E-state index contributed by atoms with van der Waals surface area (Å²) in [5.41, 5.74) is 9.01. The number of H-pyrrole nitrogens is 2. The number of anilines is 1. The lowest BCUT2D eigenvalue weighted by Gasteiger charge is -2.01. The van der Waals surface area contributed by atoms with Crippen LogP contribution < -0.4 is 5.73 Å². The van der Waals surface area contributed by atoms with Crippen LogP contribution in [-0.4, -0.2) is 44.2 Å². The van der Waals surface area contributed by atoms with Gasteiger partial charge < -0.3 is 25.3 Å². The number of aromatic amines is 2. The van der Waals surface area contributed by atoms with Crippen molar-refractivity contribution in [3.05, 3.63) is 41.7 Å². The van der Waals surface area contributed by atoms with Crippen LogP contribution in [-0.2, 0) is 14.4 Å². The minimum Gasteiger partial charge on any atom is -0.461 e. The van der Waals surface area contributed by atoms with E-state index < -0.39 is 17.7 Å². The van der Waals surface area contributed by atoms with Crippen LogP contribution in [0.4, 0.5) is 5.82 Å². The zero-order valence-corrected chi connectivity index (χ0v) is 17.1. The minimum atomic E-state index is -0.967. The van der Waals surface area contributed by atoms with E-state index in [0.29, 0.717) is 17.3 Å². The van der Waals surface area contributed by atoms with E-state index in [4.69, 9.17) is 15.8 Å². The number of hydrogen-bond acceptors (Lipinski definition) is 9. The molecule has 0 saturated carbocycles. The molecule has 32 heavy (non-hydrogen) atoms. The lowest BCUT2D eigenvalue weighted by atomic mass is 10.1. The van der Waals surface area contributed by atoms with Gasteiger partial charge in [-0.3, -0.25) is 0 Å². The number of rotatable bonds is 5. The molecule has 0 amide bonds. The molecule has 11 nitrogen and oxygen atoms in total. The van der Waals surface area contributed by atoms with E-state index >= 15 is 0 Å². The van der Waals surface area contributed by atoms with Gasteiger partial charge in [-0.05, 0) is 44.2 Å². The first-order chi connectivity index (χ1) is 15.4. The summed E-state index contributed by atoms with van der Waals surface area (Å²) < 4.78 is 4.67. The predicted molar refractivity (Wildman–Crippen MR) is 115 cm³/mol. The maximum Gasteiger partial charge on any atom is 0.371 e. The van der Waals surface area contributed by atoms with E-state index in [-0.39, 0.29) is 12.2 Å². The van der Waals surface area contributed by atoms with Crippen molar-refractivity contribution in [3.8, 4) is 17.3 Å². The van der Waals surface area contributed by atoms with Gasteiger partial charge in [0.25, 0.3) is 5.71 Å². The summed E-state index contributed by atoms with van der Waals surface area (Å²) >= 11 is 0. The third-order valence-electron chi connectivity index (χ3n) is 4.54. The Morgan fingerprint density at radius 3 is 2.78 bits per heavy atom. The number of nitrogen functional groups attached to an aromatic ring is 1. The van der Waals surface area contributed by atoms with Gasteiger partial charge in [-0.2, -0.15) is 5.26 Å². The Hall–Kier alpha value is -4.72. The average molecular weight is 431 g/mol. The van der Waals surface area contributed by atoms with Crippen molar-refractivity contribution in [2.75, 3.05) is 12.3 Å². The second kappa shape index (κ2) is 8.19. The van der Waals surface area contributed by atoms with Crippen LogP contribution in [0.3, 0.4) is 0 Å². The maximum absolute atomic E-state index is 12.3. The minimum absolute atomic E-state index is 0.0630. The highest BCUT2D eigenvalue weighted by atomic mass is 16.7. The molecule has 4 N–H and O–H groups in total. The largest absolute Gasteiger partial charge is 0.461 e. The number of benzene rings is 1. The number of ether oxygens (including phenoxy) is 1. The Kier molecular flexibility index (Phi) is 5.26. The first-order valence-electron chi connectivity index (χ1n) is 9.52. The Morgan fingerprint density at radius 2 is 2.03 bits per heavy atom. The number of fused-ring (bicyclic) bond motifs is 2. The molecule has 0 unspecified atom stereocenters. The van der Waals surface area contributed by atoms with Crippen LogP contribution in [0.5, 0.6) is 0 Å². The molecule has 3 aromatic heterocycles. The number of pyridine rings is 1. The molecule has 1 aromatic carbocycles. The fourth-order valence-corrected chi connectivity index (χ4v) is 3.18. The highest BCUT2D eigenvalue weighted by Gasteiger charge is 2.17. The maximum atomic E-state index is 12.3. The molecule has 4 aromatic rings. The molecule has 0 atom stereocenters. The van der Waals surface area contributed by atoms with Crippen molar-refractivity contribution >= 4 is 45.5 Å². The molecule has 0 saturated heterocycles. The molecular formula is C21H17N7O4. The van der Waals surface area contributed by atoms with Gasteiger partial charge in [0.2, 0.25) is 0 Å². The molecule has 3 heterocycles. The zero-order chi connectivity index (χ0) is 22.8. The molecule has 0 fully saturated rings. The Morgan fingerprint density at radius 1 is 1.22 bits per heavy atom. The zero-order valence-electron chi connectivity index (χ0n) is 17.1. The number of nitrogens with two attached hydrogens (primary N) is 1. The smallest absolute Gasteiger partial charge is 0.371 e. The highest BCUT2D eigenvalue weighted by Crippen LogP contribution is 2.30. The number of imidazole rings is 1. The fraction of sp³-hybridized carbons (Fsp3) is 0.143. The normalized spacial score (nSPS) is 11.5. The summed E-state index contributed by atoms with van der Waals surface area (Å²) in [6.45, 7) is 3.47. The molecule has 0 radical (unpaired) electrons. The Labute approximate surface area is 180 Å². The van der Waals surface area contributed by atoms with Gasteiger partial charge in [-0.25, -0.2) is 19.6 Å². The lowest BCUT2D eigenvalue weighted by molar-refractivity contribution is -0.135. The second-order valence-electron chi connectivity index (χ2n) is 6.75. The molecular weight excluding hydrogens is 414 g/mol. The number of oxime groups is 1. The van der Waals surface area contributed by atoms with E-state index in [0.717, 1.165) is 27.7 Å². The summed E-state index contributed by atoms with van der Waals surface area (Å²) in [6.07, 6.45) is 0. The molecule has 0 aliphatic carbocycles. The number of aryl methyl sites for hydroxylation is 1. The monoisotopic (exact) mass is 431 g/mol. The summed E-state index contributed by atoms with van der Waals surface area (Å²) in [4.78, 5) is 43.7. The van der Waals surface area contributed by atoms with Gasteiger partial charge in [0, 0.05) is 22.2 Å². The number of carbonyl (C=O) groups excluding carboxylic acids is 2. The van der Waals surface area contributed by atoms with E-state index in [9.17, 15) is 9.59 Å². The van der Waals surface area contributed by atoms with Gasteiger partial charge in [-0.1, -0.05) is 5.16 Å². The third-order valence-corrected chi connectivity index (χ3v) is 4.54. The molecule has 160 valence electrons. The summed E-state index contributed by atoms with van der Waals surface area (Å²) in [5.74, 6) is -0.757. The second-order valence-corrected chi connectivity index (χ2v) is 6.75. The number of aromatic nitrogens is 4. The summed E-state index contributed by atoms with van der Waals surface area (Å²) in [5, 5.41) is 13.0. The van der Waals surface area contributed by atoms with Gasteiger partial charge in [-0.15, -0.1) is 0 Å². The van der Waals surface area contributed by atoms with Crippen LogP contribution in [0, 0.1) is 18.3 Å². The molecule has 0 spiro atoms. The number of esters is 1. The van der Waals surface area contributed by atoms with Crippen molar-refractivity contribution < 1.29 is 19.2 Å². The van der Waals surface area contributed by atoms with Crippen molar-refractivity contribution in [3.63, 3.8) is 0 Å². The number of nitrogens with one attached hydrogen (secondary N) is 2. The fourth-order valence-electron chi connectivity index (χ4n) is 3.18. The third kappa shape index (κ3) is 3.84. The van der Waals surface area contributed by atoms with E-state index in [1.165, 1.54) is 12.1 Å². The number of nitriles is 1. The quantitative estimate of drug-likeness (QED) is 0.187. The standard InChI is InChI=1S/C21H17N7O4/c1-3-31-21(30)16(9-22)28-32-20(29)11-4-5-14-12(6-11)7-15(26-14)13-8-17(23)27-19-18(13)24-10(2)25-19/h4-8,26H,3H2,1-2H3,(H3,23,24,25,27)/b28-16+. The van der Waals surface area contributed by atoms with E-state index in [1.807, 2.05) is 13.0 Å². The van der Waals surface area contributed by atoms with Gasteiger partial charge in [0.05, 0.1) is 17.7 Å². The van der Waals surface area contributed by atoms with Gasteiger partial charge >= 0.3 is 11.9 Å². The Balaban J connectivity index is 1.65. The lowest BCUT2D eigenvalue weighted by Crippen LogP contribution is -2.17. The number of nitrogens with zero attached hydrogens (tertiary/aromatic N) is 4. The summed E-state index contributed by atoms with van der Waals surface area (Å²) in [6, 6.07) is 9.95. The molecule has 0 aliphatic rings. The molecule has 11 heteroatoms. The molecule has 4 rings (SSSR count). The average Bonchev–Trinajstić information content (AvgIpc) is 3.35. The van der Waals surface area contributed by atoms with Crippen LogP contribution in [0.15, 0.2) is 35.5 Å². The number of carbonyl (C=O) groups is 2. The van der Waals surface area contributed by atoms with Crippen LogP contribution in [0.2, 0.25) is 0 Å². The van der Waals surface area contributed by atoms with Crippen molar-refractivity contribution in [2.45, 2.75) is 13.8 Å². The Bertz CT molecular complexity index is 1440. The van der Waals surface area contributed by atoms with Crippen molar-refractivity contribution in [1.29, 1.82) is 5.26 Å². The van der Waals surface area contributed by atoms with Crippen molar-refractivity contribution in [2.24, 2.45) is 5.16 Å². The van der Waals surface area contributed by atoms with Crippen LogP contribution >= 0.6 is 0 Å². The topological polar surface area (TPSA) is 172 Å². The van der Waals surface area contributed by atoms with Gasteiger partial charge in [0.1, 0.15) is 17.7 Å². The SMILES string of the molecule is CCOC(=O)/C(C#N)=N/OC(=O)c1ccc2[nH]c(-c3cc(N)nc4nc(C)[nH]c34)cc2c1. The highest BCUT2D eigenvalue weighted by molar-refractivity contribution is 6.42. The molecule has 0 bridgehead atoms. The van der Waals surface area contributed by atoms with Crippen LogP contribution in [0.1, 0.15) is 23.1 Å². The van der Waals surface area contributed by atoms with Crippen LogP contribution in [0.25, 0.3) is 33.3 Å². The molecule has 0 aliphatic heterocycles. The van der Waals surface area contributed by atoms with Crippen molar-refractivity contribution in [1.82, 2.24) is 19.9 Å². The van der Waals surface area contributed by atoms with Gasteiger partial charge in [0.15, 0.2) is 5.65 Å².